The molecule has 21 rings (SSSR count). The van der Waals surface area contributed by atoms with Gasteiger partial charge in [-0.25, -0.2) is 17.6 Å². The van der Waals surface area contributed by atoms with Crippen LogP contribution >= 0.6 is 22.9 Å². The molecule has 0 radical (unpaired) electrons. The lowest BCUT2D eigenvalue weighted by Crippen LogP contribution is -2.40. The highest BCUT2D eigenvalue weighted by molar-refractivity contribution is 7.09. The number of H-pyrrole nitrogens is 1. The highest BCUT2D eigenvalue weighted by atomic mass is 35.5. The lowest BCUT2D eigenvalue weighted by molar-refractivity contribution is -0.118. The number of anilines is 4. The summed E-state index contributed by atoms with van der Waals surface area (Å²) in [6, 6.07) is 16.2. The fourth-order valence-corrected chi connectivity index (χ4v) is 20.0. The summed E-state index contributed by atoms with van der Waals surface area (Å²) in [4.78, 5) is 162. The molecule has 5 aliphatic carbocycles. The number of benzene rings is 3. The van der Waals surface area contributed by atoms with Crippen LogP contribution in [0.4, 0.5) is 40.3 Å². The van der Waals surface area contributed by atoms with Gasteiger partial charge in [-0.2, -0.15) is 15.4 Å². The van der Waals surface area contributed by atoms with E-state index in [1.807, 2.05) is 57.9 Å². The van der Waals surface area contributed by atoms with E-state index in [9.17, 15) is 75.1 Å². The zero-order valence-corrected chi connectivity index (χ0v) is 77.6. The molecule has 9 aromatic heterocycles. The minimum Gasteiger partial charge on any atom is -0.423 e. The van der Waals surface area contributed by atoms with Gasteiger partial charge in [-0.15, -0.1) is 41.9 Å². The molecule has 0 bridgehead atoms. The summed E-state index contributed by atoms with van der Waals surface area (Å²) in [6.07, 6.45) is 11.8. The van der Waals surface area contributed by atoms with E-state index >= 15 is 0 Å². The molecule has 12 aromatic rings. The molecule has 3 aromatic carbocycles. The maximum absolute atomic E-state index is 14.7. The molecular weight excluding hydrogens is 1820 g/mol. The van der Waals surface area contributed by atoms with Crippen molar-refractivity contribution in [3.63, 3.8) is 0 Å². The molecule has 4 aliphatic heterocycles. The number of hydrogen-bond acceptors (Lipinski definition) is 24. The number of ketones is 4. The predicted octanol–water partition coefficient (Wildman–Crippen LogP) is 12.9. The Balaban J connectivity index is 0.000000122. The minimum absolute atomic E-state index is 0.0420. The molecule has 42 heteroatoms. The number of pyridine rings is 1. The third-order valence-corrected chi connectivity index (χ3v) is 28.1. The molecule has 3 atom stereocenters. The van der Waals surface area contributed by atoms with Crippen LogP contribution in [-0.2, 0) is 86.7 Å². The van der Waals surface area contributed by atoms with Crippen molar-refractivity contribution < 1.29 is 83.9 Å². The number of nitrogens with zero attached hydrogens (tertiary/aromatic N) is 13. The average molecular weight is 1910 g/mol. The van der Waals surface area contributed by atoms with Gasteiger partial charge in [-0.05, 0) is 240 Å². The molecule has 708 valence electrons. The van der Waals surface area contributed by atoms with Crippen LogP contribution in [0.5, 0.6) is 0 Å². The zero-order chi connectivity index (χ0) is 97.1. The molecule has 5 fully saturated rings. The second kappa shape index (κ2) is 35.9. The highest BCUT2D eigenvalue weighted by Gasteiger charge is 2.56. The minimum atomic E-state index is -1.65. The van der Waals surface area contributed by atoms with Gasteiger partial charge in [-0.1, -0.05) is 29.8 Å². The van der Waals surface area contributed by atoms with Crippen LogP contribution in [0.2, 0.25) is 5.02 Å². The number of nitrogens with one attached hydrogen (secondary N) is 9. The van der Waals surface area contributed by atoms with Crippen molar-refractivity contribution in [1.29, 1.82) is 0 Å². The quantitative estimate of drug-likeness (QED) is 0.0146. The van der Waals surface area contributed by atoms with E-state index in [2.05, 4.69) is 93.5 Å². The summed E-state index contributed by atoms with van der Waals surface area (Å²) < 4.78 is 74.5. The van der Waals surface area contributed by atoms with Crippen molar-refractivity contribution in [1.82, 2.24) is 90.5 Å². The van der Waals surface area contributed by atoms with Gasteiger partial charge in [0.2, 0.25) is 23.6 Å². The van der Waals surface area contributed by atoms with Gasteiger partial charge in [0.1, 0.15) is 73.6 Å². The van der Waals surface area contributed by atoms with E-state index < -0.39 is 110 Å². The molecular formula is C95H93ClF4N22O14S. The van der Waals surface area contributed by atoms with Crippen molar-refractivity contribution in [2.45, 2.75) is 226 Å². The van der Waals surface area contributed by atoms with E-state index in [1.165, 1.54) is 30.5 Å². The van der Waals surface area contributed by atoms with Gasteiger partial charge in [-0.3, -0.25) is 62.5 Å². The summed E-state index contributed by atoms with van der Waals surface area (Å²) in [7, 11) is 0. The van der Waals surface area contributed by atoms with E-state index in [0.717, 1.165) is 55.1 Å². The second-order valence-electron chi connectivity index (χ2n) is 36.3. The Hall–Kier alpha value is -14.6. The van der Waals surface area contributed by atoms with Gasteiger partial charge < -0.3 is 69.6 Å². The van der Waals surface area contributed by atoms with Crippen LogP contribution in [0.15, 0.2) is 87.4 Å². The largest absolute Gasteiger partial charge is 0.423 e. The van der Waals surface area contributed by atoms with E-state index in [4.69, 9.17) is 20.4 Å². The number of rotatable bonds is 25. The third kappa shape index (κ3) is 17.5. The topological polar surface area (TPSA) is 479 Å². The number of aromatic amines is 1. The Morgan fingerprint density at radius 2 is 0.964 bits per heavy atom. The fraction of sp³-hybridized carbons (Fsp3) is 0.379. The summed E-state index contributed by atoms with van der Waals surface area (Å²) in [5.74, 6) is -8.52. The van der Waals surface area contributed by atoms with Crippen LogP contribution < -0.4 is 42.5 Å². The van der Waals surface area contributed by atoms with Crippen molar-refractivity contribution in [2.75, 3.05) is 21.3 Å². The second-order valence-corrected chi connectivity index (χ2v) is 37.5. The van der Waals surface area contributed by atoms with Crippen molar-refractivity contribution >= 4 is 116 Å². The number of halogens is 5. The molecule has 8 amide bonds. The van der Waals surface area contributed by atoms with Gasteiger partial charge in [0.15, 0.2) is 5.82 Å². The normalized spacial score (nSPS) is 17.2. The number of carbonyl (C=O) groups is 12. The number of carbonyl (C=O) groups excluding carboxylic acids is 12. The predicted molar refractivity (Wildman–Crippen MR) is 484 cm³/mol. The van der Waals surface area contributed by atoms with E-state index in [0.29, 0.717) is 216 Å². The monoisotopic (exact) mass is 1910 g/mol. The van der Waals surface area contributed by atoms with Crippen LogP contribution in [0, 0.1) is 85.7 Å². The molecule has 9 N–H and O–H groups in total. The van der Waals surface area contributed by atoms with Gasteiger partial charge in [0.05, 0.1) is 45.2 Å². The fourth-order valence-electron chi connectivity index (χ4n) is 19.0. The molecule has 0 spiro atoms. The first-order valence-corrected chi connectivity index (χ1v) is 46.1. The summed E-state index contributed by atoms with van der Waals surface area (Å²) in [6.45, 7) is 18.0. The molecule has 13 heterocycles. The first-order chi connectivity index (χ1) is 65.4. The summed E-state index contributed by atoms with van der Waals surface area (Å²) >= 11 is 7.51. The Bertz CT molecular complexity index is 7060. The average Bonchev–Trinajstić information content (AvgIpc) is 1.53. The molecule has 1 unspecified atom stereocenters. The number of amides is 8. The molecule has 0 saturated heterocycles. The van der Waals surface area contributed by atoms with Crippen molar-refractivity contribution in [2.24, 2.45) is 5.92 Å². The Labute approximate surface area is 787 Å². The zero-order valence-electron chi connectivity index (χ0n) is 76.0. The van der Waals surface area contributed by atoms with Crippen LogP contribution in [-0.4, -0.2) is 140 Å². The lowest BCUT2D eigenvalue weighted by Gasteiger charge is -2.14. The van der Waals surface area contributed by atoms with Gasteiger partial charge in [0, 0.05) is 96.1 Å². The Morgan fingerprint density at radius 3 is 1.39 bits per heavy atom. The number of aryl methyl sites for hydroxylation is 4. The Morgan fingerprint density at radius 1 is 0.511 bits per heavy atom. The van der Waals surface area contributed by atoms with E-state index in [1.54, 1.807) is 69.9 Å². The number of hydrogen-bond donors (Lipinski definition) is 9. The molecule has 36 nitrogen and oxygen atoms in total. The maximum atomic E-state index is 14.7. The van der Waals surface area contributed by atoms with Crippen molar-refractivity contribution in [3.05, 3.63) is 248 Å². The van der Waals surface area contributed by atoms with Gasteiger partial charge >= 0.3 is 0 Å². The van der Waals surface area contributed by atoms with Crippen LogP contribution in [0.3, 0.4) is 0 Å². The number of aromatic nitrogens is 14. The van der Waals surface area contributed by atoms with Crippen molar-refractivity contribution in [3.8, 4) is 0 Å². The Kier molecular flexibility index (Phi) is 24.3. The lowest BCUT2D eigenvalue weighted by atomic mass is 10.0. The van der Waals surface area contributed by atoms with Crippen LogP contribution in [0.1, 0.15) is 281 Å². The first kappa shape index (κ1) is 92.8. The SMILES string of the molecule is Cc1c(C(=O)C(=O)NC2(c3nncs3)CC2)c2n(c1C(=O)Nc1ccnc(C(C)F)c1F)[C@@H]1C[C@@H]1C2.Cc1cccc(NC(=O)c2c(C)c(C(=O)C(=O)NC3(c4cn[nH]n4)CC3)c3n2CCC3)c1.Cc1nnc(C2(NC(=O)C(=O)c3c(C)c(C(=O)Nc4cc(F)c(C)c(F)c4)n4c3CCC4)CC2)o1.Cc1nnc(C2(NC(=O)C(=O)c3c(C)c(C(=O)Nc4ccc(C)c(Cl)c4)n4c3CCC4)CC2)o1. The number of Topliss-reactive ketones (excluding diaryl/α,β-unsaturated/α-hetero) is 4. The van der Waals surface area contributed by atoms with E-state index in [-0.39, 0.29) is 63.2 Å². The standard InChI is InChI=1S/C24H24ClN5O4.C24H22F2N6O3S.C24H23F2N5O4.C23H24N6O3/c1-12-6-7-15(11-16(12)25)26-21(32)19-13(2)18(17-5-4-10-30(17)19)20(31)22(33)27-24(8-9-24)23-29-28-14(3)34-23;1-10-16(20(33)22(35)30-24(4-5-24)23-31-28-9-36-23)15-8-12-7-14(12)32(15)19(10)21(34)29-13-3-6-27-18(11(2)25)17(13)26;1-11-15(25)9-14(10-16(11)26)27-21(33)19-12(2)18(17-5-4-8-31(17)19)20(32)22(34)28-24(6-7-24)23-30-29-13(3)35-23;1-13-5-3-6-15(11-13)25-21(31)19-14(2)18(16-7-4-10-29(16)19)20(30)22(32)26-23(8-9-23)17-12-24-28-27-17/h6-7,11H,4-5,8-10H2,1-3H3,(H,26,32)(H,27,33);3,6,9,11-12,14H,4-5,7-8H2,1-2H3,(H,30,35)(H,27,29,34);9-10H,4-8H2,1-3H3,(H,27,33)(H,28,34);3,5-6,11-12H,4,7-10H2,1-2H3,(H,25,31)(H,26,32)(H,24,27,28)/t;11?,12-,14-;;/m.1../s1. The number of fused-ring (bicyclic) bond motifs is 6. The molecule has 5 saturated carbocycles. The first-order valence-electron chi connectivity index (χ1n) is 44.9. The highest BCUT2D eigenvalue weighted by Crippen LogP contribution is 2.56. The van der Waals surface area contributed by atoms with Gasteiger partial charge in [0.25, 0.3) is 70.4 Å². The molecule has 137 heavy (non-hydrogen) atoms. The van der Waals surface area contributed by atoms with Crippen LogP contribution in [0.25, 0.3) is 0 Å². The molecule has 9 aliphatic rings. The number of alkyl halides is 1. The summed E-state index contributed by atoms with van der Waals surface area (Å²) in [5, 5.41) is 57.1. The third-order valence-electron chi connectivity index (χ3n) is 26.8. The summed E-state index contributed by atoms with van der Waals surface area (Å²) in [5.41, 5.74) is 8.30. The maximum Gasteiger partial charge on any atom is 0.293 e. The smallest absolute Gasteiger partial charge is 0.293 e.